The molecule has 4 rings (SSSR count). The zero-order chi connectivity index (χ0) is 21.1. The first-order chi connectivity index (χ1) is 14.5. The maximum Gasteiger partial charge on any atom is 0.285 e. The molecule has 0 N–H and O–H groups in total. The Kier molecular flexibility index (Phi) is 6.04. The molecule has 0 saturated carbocycles. The molecule has 0 fully saturated rings. The number of benzene rings is 3. The van der Waals surface area contributed by atoms with Gasteiger partial charge in [-0.05, 0) is 53.9 Å². The highest BCUT2D eigenvalue weighted by Gasteiger charge is 2.16. The highest BCUT2D eigenvalue weighted by Crippen LogP contribution is 2.25. The van der Waals surface area contributed by atoms with Crippen LogP contribution < -0.4 is 4.80 Å². The summed E-state index contributed by atoms with van der Waals surface area (Å²) in [4.78, 5) is 0.594. The standard InChI is InChI=1S/C23H19BrN2O2S2/c1-2-17-8-14-21(15-9-17)30(27,28)25-23-26(20-6-4-3-5-7-20)22(16-29-23)18-10-12-19(24)13-11-18/h3-16H,2H2,1H3. The molecule has 152 valence electrons. The SMILES string of the molecule is CCc1ccc(S(=O)(=O)N=c2scc(-c3ccc(Br)cc3)n2-c2ccccc2)cc1. The van der Waals surface area contributed by atoms with Gasteiger partial charge in [-0.15, -0.1) is 15.7 Å². The lowest BCUT2D eigenvalue weighted by Crippen LogP contribution is -2.16. The monoisotopic (exact) mass is 498 g/mol. The number of aryl methyl sites for hydroxylation is 1. The van der Waals surface area contributed by atoms with Crippen LogP contribution in [0.3, 0.4) is 0 Å². The van der Waals surface area contributed by atoms with E-state index in [4.69, 9.17) is 0 Å². The Balaban J connectivity index is 1.90. The van der Waals surface area contributed by atoms with E-state index in [1.807, 2.05) is 83.6 Å². The van der Waals surface area contributed by atoms with Crippen LogP contribution in [0, 0.1) is 0 Å². The number of para-hydroxylation sites is 1. The Morgan fingerprint density at radius 2 is 1.60 bits per heavy atom. The first-order valence-electron chi connectivity index (χ1n) is 9.40. The van der Waals surface area contributed by atoms with Gasteiger partial charge in [0.1, 0.15) is 0 Å². The van der Waals surface area contributed by atoms with Crippen molar-refractivity contribution in [2.45, 2.75) is 18.2 Å². The molecule has 0 unspecified atom stereocenters. The lowest BCUT2D eigenvalue weighted by Gasteiger charge is -2.09. The van der Waals surface area contributed by atoms with Gasteiger partial charge in [-0.1, -0.05) is 65.3 Å². The second-order valence-corrected chi connectivity index (χ2v) is 10.0. The van der Waals surface area contributed by atoms with Crippen molar-refractivity contribution >= 4 is 37.3 Å². The summed E-state index contributed by atoms with van der Waals surface area (Å²) in [5.41, 5.74) is 3.80. The van der Waals surface area contributed by atoms with Crippen LogP contribution in [0.4, 0.5) is 0 Å². The van der Waals surface area contributed by atoms with E-state index >= 15 is 0 Å². The van der Waals surface area contributed by atoms with Crippen molar-refractivity contribution in [1.29, 1.82) is 0 Å². The lowest BCUT2D eigenvalue weighted by molar-refractivity contribution is 0.596. The number of halogens is 1. The van der Waals surface area contributed by atoms with Crippen LogP contribution in [0.5, 0.6) is 0 Å². The summed E-state index contributed by atoms with van der Waals surface area (Å²) in [6.45, 7) is 2.03. The lowest BCUT2D eigenvalue weighted by atomic mass is 10.1. The first kappa shape index (κ1) is 20.8. The summed E-state index contributed by atoms with van der Waals surface area (Å²) in [7, 11) is -3.84. The summed E-state index contributed by atoms with van der Waals surface area (Å²) in [5, 5.41) is 1.94. The molecule has 0 spiro atoms. The maximum absolute atomic E-state index is 13.0. The molecule has 0 bridgehead atoms. The van der Waals surface area contributed by atoms with Crippen molar-refractivity contribution < 1.29 is 8.42 Å². The van der Waals surface area contributed by atoms with Gasteiger partial charge in [0.2, 0.25) is 4.80 Å². The molecular formula is C23H19BrN2O2S2. The molecule has 0 radical (unpaired) electrons. The van der Waals surface area contributed by atoms with Crippen LogP contribution in [0.15, 0.2) is 98.0 Å². The van der Waals surface area contributed by atoms with E-state index in [-0.39, 0.29) is 4.90 Å². The second kappa shape index (κ2) is 8.71. The van der Waals surface area contributed by atoms with Crippen molar-refractivity contribution in [2.24, 2.45) is 4.40 Å². The largest absolute Gasteiger partial charge is 0.285 e. The smallest absolute Gasteiger partial charge is 0.284 e. The van der Waals surface area contributed by atoms with Crippen molar-refractivity contribution in [2.75, 3.05) is 0 Å². The summed E-state index contributed by atoms with van der Waals surface area (Å²) in [6.07, 6.45) is 0.854. The van der Waals surface area contributed by atoms with E-state index in [2.05, 4.69) is 20.3 Å². The minimum absolute atomic E-state index is 0.193. The molecule has 0 amide bonds. The Morgan fingerprint density at radius 1 is 0.933 bits per heavy atom. The van der Waals surface area contributed by atoms with E-state index in [9.17, 15) is 8.42 Å². The molecule has 4 aromatic rings. The van der Waals surface area contributed by atoms with Crippen LogP contribution in [-0.2, 0) is 16.4 Å². The minimum Gasteiger partial charge on any atom is -0.284 e. The van der Waals surface area contributed by atoms with Crippen molar-refractivity contribution in [3.05, 3.63) is 99.1 Å². The molecule has 1 heterocycles. The predicted octanol–water partition coefficient (Wildman–Crippen LogP) is 5.82. The quantitative estimate of drug-likeness (QED) is 0.348. The second-order valence-electron chi connectivity index (χ2n) is 6.65. The van der Waals surface area contributed by atoms with Gasteiger partial charge in [0, 0.05) is 15.5 Å². The van der Waals surface area contributed by atoms with Gasteiger partial charge in [-0.2, -0.15) is 8.42 Å². The average molecular weight is 499 g/mol. The van der Waals surface area contributed by atoms with Gasteiger partial charge in [-0.3, -0.25) is 4.57 Å². The molecule has 3 aromatic carbocycles. The molecule has 4 nitrogen and oxygen atoms in total. The fraction of sp³-hybridized carbons (Fsp3) is 0.0870. The van der Waals surface area contributed by atoms with E-state index in [1.165, 1.54) is 11.3 Å². The predicted molar refractivity (Wildman–Crippen MR) is 125 cm³/mol. The summed E-state index contributed by atoms with van der Waals surface area (Å²) < 4.78 is 33.1. The van der Waals surface area contributed by atoms with E-state index in [1.54, 1.807) is 12.1 Å². The number of aromatic nitrogens is 1. The van der Waals surface area contributed by atoms with Crippen molar-refractivity contribution in [3.8, 4) is 16.9 Å². The number of hydrogen-bond acceptors (Lipinski definition) is 3. The topological polar surface area (TPSA) is 51.4 Å². The first-order valence-corrected chi connectivity index (χ1v) is 12.5. The highest BCUT2D eigenvalue weighted by atomic mass is 79.9. The molecule has 0 aliphatic rings. The average Bonchev–Trinajstić information content (AvgIpc) is 3.17. The van der Waals surface area contributed by atoms with Gasteiger partial charge >= 0.3 is 0 Å². The van der Waals surface area contributed by atoms with Crippen molar-refractivity contribution in [1.82, 2.24) is 4.57 Å². The van der Waals surface area contributed by atoms with E-state index in [0.717, 1.165) is 33.4 Å². The number of nitrogens with zero attached hydrogens (tertiary/aromatic N) is 2. The fourth-order valence-electron chi connectivity index (χ4n) is 3.08. The van der Waals surface area contributed by atoms with Crippen LogP contribution in [0.25, 0.3) is 16.9 Å². The van der Waals surface area contributed by atoms with Gasteiger partial charge in [0.25, 0.3) is 10.0 Å². The Hall–Kier alpha value is -2.48. The summed E-state index contributed by atoms with van der Waals surface area (Å²) >= 11 is 4.77. The third-order valence-electron chi connectivity index (χ3n) is 4.69. The molecule has 0 aliphatic carbocycles. The van der Waals surface area contributed by atoms with Crippen LogP contribution in [-0.4, -0.2) is 13.0 Å². The number of thiazole rings is 1. The van der Waals surface area contributed by atoms with E-state index in [0.29, 0.717) is 4.80 Å². The molecule has 0 aliphatic heterocycles. The minimum atomic E-state index is -3.84. The van der Waals surface area contributed by atoms with Crippen LogP contribution >= 0.6 is 27.3 Å². The molecule has 30 heavy (non-hydrogen) atoms. The normalized spacial score (nSPS) is 12.3. The summed E-state index contributed by atoms with van der Waals surface area (Å²) in [6, 6.07) is 24.5. The maximum atomic E-state index is 13.0. The molecule has 7 heteroatoms. The highest BCUT2D eigenvalue weighted by molar-refractivity contribution is 9.10. The zero-order valence-corrected chi connectivity index (χ0v) is 19.4. The number of hydrogen-bond donors (Lipinski definition) is 0. The zero-order valence-electron chi connectivity index (χ0n) is 16.2. The van der Waals surface area contributed by atoms with Crippen LogP contribution in [0.1, 0.15) is 12.5 Å². The van der Waals surface area contributed by atoms with Crippen molar-refractivity contribution in [3.63, 3.8) is 0 Å². The molecular weight excluding hydrogens is 480 g/mol. The van der Waals surface area contributed by atoms with E-state index < -0.39 is 10.0 Å². The van der Waals surface area contributed by atoms with Gasteiger partial charge < -0.3 is 0 Å². The Bertz CT molecular complexity index is 1320. The van der Waals surface area contributed by atoms with Crippen LogP contribution in [0.2, 0.25) is 0 Å². The fourth-order valence-corrected chi connectivity index (χ4v) is 5.45. The summed E-state index contributed by atoms with van der Waals surface area (Å²) in [5.74, 6) is 0. The molecule has 0 saturated heterocycles. The number of sulfonamides is 1. The molecule has 0 atom stereocenters. The Labute approximate surface area is 188 Å². The van der Waals surface area contributed by atoms with Gasteiger partial charge in [-0.25, -0.2) is 0 Å². The van der Waals surface area contributed by atoms with Gasteiger partial charge in [0.15, 0.2) is 0 Å². The van der Waals surface area contributed by atoms with Gasteiger partial charge in [0.05, 0.1) is 10.6 Å². The third kappa shape index (κ3) is 4.33. The Morgan fingerprint density at radius 3 is 2.23 bits per heavy atom. The molecule has 1 aromatic heterocycles. The number of rotatable bonds is 5. The third-order valence-corrected chi connectivity index (χ3v) is 7.44.